The second-order valence-corrected chi connectivity index (χ2v) is 12.1. The molecular formula is C33H26N2Se. The van der Waals surface area contributed by atoms with Crippen LogP contribution in [-0.2, 0) is 5.41 Å². The predicted octanol–water partition coefficient (Wildman–Crippen LogP) is 6.34. The molecule has 2 aliphatic rings. The minimum absolute atomic E-state index is 0.220. The van der Waals surface area contributed by atoms with E-state index in [9.17, 15) is 0 Å². The van der Waals surface area contributed by atoms with Gasteiger partial charge in [0.1, 0.15) is 0 Å². The predicted molar refractivity (Wildman–Crippen MR) is 150 cm³/mol. The fourth-order valence-electron chi connectivity index (χ4n) is 5.93. The Bertz CT molecular complexity index is 1550. The van der Waals surface area contributed by atoms with E-state index in [2.05, 4.69) is 128 Å². The van der Waals surface area contributed by atoms with Gasteiger partial charge in [0.25, 0.3) is 0 Å². The summed E-state index contributed by atoms with van der Waals surface area (Å²) >= 11 is 0.220. The van der Waals surface area contributed by atoms with Crippen molar-refractivity contribution in [1.82, 2.24) is 4.98 Å². The van der Waals surface area contributed by atoms with Gasteiger partial charge in [0, 0.05) is 0 Å². The Kier molecular flexibility index (Phi) is 4.92. The maximum atomic E-state index is 5.10. The van der Waals surface area contributed by atoms with Crippen molar-refractivity contribution in [2.75, 3.05) is 4.90 Å². The van der Waals surface area contributed by atoms with Gasteiger partial charge in [-0.25, -0.2) is 0 Å². The Morgan fingerprint density at radius 3 is 2.08 bits per heavy atom. The molecule has 0 atom stereocenters. The van der Waals surface area contributed by atoms with E-state index in [1.54, 1.807) is 0 Å². The number of nitrogens with zero attached hydrogens (tertiary/aromatic N) is 2. The zero-order valence-corrected chi connectivity index (χ0v) is 22.1. The number of hydrogen-bond donors (Lipinski definition) is 0. The molecular weight excluding hydrogens is 503 g/mol. The Morgan fingerprint density at radius 1 is 0.694 bits per heavy atom. The molecule has 36 heavy (non-hydrogen) atoms. The summed E-state index contributed by atoms with van der Waals surface area (Å²) in [5, 5.41) is 0. The Morgan fingerprint density at radius 2 is 1.39 bits per heavy atom. The molecule has 5 aromatic rings. The van der Waals surface area contributed by atoms with Crippen LogP contribution in [0.1, 0.15) is 47.6 Å². The van der Waals surface area contributed by atoms with Crippen molar-refractivity contribution in [3.63, 3.8) is 0 Å². The van der Waals surface area contributed by atoms with Gasteiger partial charge in [-0.3, -0.25) is 0 Å². The van der Waals surface area contributed by atoms with Crippen LogP contribution in [0.15, 0.2) is 115 Å². The zero-order chi connectivity index (χ0) is 24.3. The van der Waals surface area contributed by atoms with E-state index < -0.39 is 5.41 Å². The van der Waals surface area contributed by atoms with E-state index in [4.69, 9.17) is 4.98 Å². The number of para-hydroxylation sites is 1. The van der Waals surface area contributed by atoms with Gasteiger partial charge in [-0.2, -0.15) is 0 Å². The number of hydrogen-bond acceptors (Lipinski definition) is 2. The maximum absolute atomic E-state index is 5.10. The van der Waals surface area contributed by atoms with E-state index in [0.717, 1.165) is 5.82 Å². The average Bonchev–Trinajstić information content (AvgIpc) is 2.94. The van der Waals surface area contributed by atoms with Crippen molar-refractivity contribution in [3.8, 4) is 0 Å². The molecule has 0 unspecified atom stereocenters. The number of anilines is 3. The summed E-state index contributed by atoms with van der Waals surface area (Å²) in [5.74, 6) is 1.50. The van der Waals surface area contributed by atoms with Crippen LogP contribution in [-0.4, -0.2) is 19.9 Å². The van der Waals surface area contributed by atoms with Gasteiger partial charge in [-0.1, -0.05) is 0 Å². The molecule has 0 saturated carbocycles. The first-order valence-electron chi connectivity index (χ1n) is 12.5. The van der Waals surface area contributed by atoms with E-state index in [1.807, 2.05) is 6.20 Å². The Balaban J connectivity index is 1.63. The first-order chi connectivity index (χ1) is 17.7. The number of rotatable bonds is 3. The Hall–Kier alpha value is -3.65. The summed E-state index contributed by atoms with van der Waals surface area (Å²) in [5.41, 5.74) is 8.62. The molecule has 0 bridgehead atoms. The van der Waals surface area contributed by atoms with Crippen LogP contribution in [0.5, 0.6) is 0 Å². The normalized spacial score (nSPS) is 14.7. The average molecular weight is 530 g/mol. The zero-order valence-electron chi connectivity index (χ0n) is 20.3. The summed E-state index contributed by atoms with van der Waals surface area (Å²) < 4.78 is 2.83. The van der Waals surface area contributed by atoms with Crippen LogP contribution in [0.2, 0.25) is 0 Å². The van der Waals surface area contributed by atoms with Gasteiger partial charge < -0.3 is 0 Å². The van der Waals surface area contributed by atoms with Crippen molar-refractivity contribution in [1.29, 1.82) is 0 Å². The van der Waals surface area contributed by atoms with Crippen molar-refractivity contribution in [2.45, 2.75) is 25.2 Å². The standard InChI is InChI=1S/C33H26N2Se/c1-22(2)23-18-19-29-28(21-23)35-31-26(15-9-17-30(31)36-29)33(24-11-5-3-6-12-24,25-13-7-4-8-14-25)27-16-10-20-34-32(27)35/h3-22H,1-2H3. The third-order valence-corrected chi connectivity index (χ3v) is 9.89. The number of fused-ring (bicyclic) bond motifs is 4. The summed E-state index contributed by atoms with van der Waals surface area (Å²) in [4.78, 5) is 7.55. The quantitative estimate of drug-likeness (QED) is 0.249. The van der Waals surface area contributed by atoms with Gasteiger partial charge in [0.2, 0.25) is 0 Å². The molecule has 0 saturated heterocycles. The first-order valence-corrected chi connectivity index (χ1v) is 14.2. The van der Waals surface area contributed by atoms with E-state index in [1.165, 1.54) is 48.1 Å². The molecule has 2 aliphatic heterocycles. The van der Waals surface area contributed by atoms with Gasteiger partial charge in [0.05, 0.1) is 0 Å². The van der Waals surface area contributed by atoms with Crippen molar-refractivity contribution in [2.24, 2.45) is 0 Å². The number of benzene rings is 4. The minimum atomic E-state index is -0.447. The Labute approximate surface area is 218 Å². The van der Waals surface area contributed by atoms with Crippen LogP contribution in [0.3, 0.4) is 0 Å². The topological polar surface area (TPSA) is 16.1 Å². The van der Waals surface area contributed by atoms with Gasteiger partial charge in [-0.05, 0) is 0 Å². The molecule has 0 amide bonds. The van der Waals surface area contributed by atoms with Crippen molar-refractivity contribution < 1.29 is 0 Å². The van der Waals surface area contributed by atoms with Crippen LogP contribution >= 0.6 is 0 Å². The van der Waals surface area contributed by atoms with Crippen LogP contribution in [0.4, 0.5) is 17.2 Å². The van der Waals surface area contributed by atoms with Crippen molar-refractivity contribution >= 4 is 41.1 Å². The van der Waals surface area contributed by atoms with E-state index in [-0.39, 0.29) is 15.0 Å². The fraction of sp³-hybridized carbons (Fsp3) is 0.121. The molecule has 0 fully saturated rings. The third kappa shape index (κ3) is 2.94. The third-order valence-electron chi connectivity index (χ3n) is 7.55. The van der Waals surface area contributed by atoms with Gasteiger partial charge in [-0.15, -0.1) is 0 Å². The molecule has 3 heteroatoms. The molecule has 7 rings (SSSR count). The molecule has 1 aromatic heterocycles. The molecule has 0 N–H and O–H groups in total. The van der Waals surface area contributed by atoms with Gasteiger partial charge >= 0.3 is 219 Å². The molecule has 174 valence electrons. The molecule has 2 nitrogen and oxygen atoms in total. The number of pyridine rings is 1. The fourth-order valence-corrected chi connectivity index (χ4v) is 8.18. The molecule has 0 aliphatic carbocycles. The molecule has 0 radical (unpaired) electrons. The van der Waals surface area contributed by atoms with Crippen LogP contribution in [0.25, 0.3) is 0 Å². The summed E-state index contributed by atoms with van der Waals surface area (Å²) in [6.07, 6.45) is 1.94. The van der Waals surface area contributed by atoms with Crippen LogP contribution in [0, 0.1) is 0 Å². The summed E-state index contributed by atoms with van der Waals surface area (Å²) in [6.45, 7) is 4.54. The monoisotopic (exact) mass is 530 g/mol. The van der Waals surface area contributed by atoms with E-state index >= 15 is 0 Å². The van der Waals surface area contributed by atoms with Gasteiger partial charge in [0.15, 0.2) is 0 Å². The number of aromatic nitrogens is 1. The second-order valence-electron chi connectivity index (χ2n) is 9.83. The molecule has 3 heterocycles. The first kappa shape index (κ1) is 21.6. The molecule has 4 aromatic carbocycles. The van der Waals surface area contributed by atoms with E-state index in [0.29, 0.717) is 5.92 Å². The SMILES string of the molecule is CC(C)c1ccc2c(c1)N1c3ncccc3C(c3ccccc3)(c3ccccc3)c3cccc(c31)[Se]2. The molecule has 0 spiro atoms. The summed E-state index contributed by atoms with van der Waals surface area (Å²) in [7, 11) is 0. The van der Waals surface area contributed by atoms with Crippen LogP contribution < -0.4 is 13.8 Å². The van der Waals surface area contributed by atoms with Crippen molar-refractivity contribution in [3.05, 3.63) is 143 Å². The second kappa shape index (κ2) is 8.20. The summed E-state index contributed by atoms with van der Waals surface area (Å²) in [6, 6.07) is 40.3.